The quantitative estimate of drug-likeness (QED) is 0.541. The van der Waals surface area contributed by atoms with Crippen molar-refractivity contribution in [1.29, 1.82) is 0 Å². The minimum absolute atomic E-state index is 0.170. The van der Waals surface area contributed by atoms with Crippen molar-refractivity contribution in [3.63, 3.8) is 0 Å². The zero-order valence-corrected chi connectivity index (χ0v) is 12.8. The topological polar surface area (TPSA) is 20.2 Å². The fourth-order valence-corrected chi connectivity index (χ4v) is 2.34. The van der Waals surface area contributed by atoms with Crippen LogP contribution in [0.1, 0.15) is 51.0 Å². The van der Waals surface area contributed by atoms with E-state index in [0.29, 0.717) is 0 Å². The predicted molar refractivity (Wildman–Crippen MR) is 82.2 cm³/mol. The van der Waals surface area contributed by atoms with Gasteiger partial charge in [-0.2, -0.15) is 0 Å². The number of benzene rings is 1. The van der Waals surface area contributed by atoms with Gasteiger partial charge in [-0.15, -0.1) is 0 Å². The van der Waals surface area contributed by atoms with Gasteiger partial charge in [0.2, 0.25) is 0 Å². The zero-order chi connectivity index (χ0) is 12.5. The summed E-state index contributed by atoms with van der Waals surface area (Å²) in [5.41, 5.74) is 1.24. The molecule has 17 heavy (non-hydrogen) atoms. The molecule has 1 aromatic carbocycles. The van der Waals surface area contributed by atoms with Crippen LogP contribution in [0.15, 0.2) is 24.3 Å². The number of aliphatic hydroxyl groups excluding tert-OH is 1. The largest absolute Gasteiger partial charge is 0.393 e. The number of halogens is 1. The summed E-state index contributed by atoms with van der Waals surface area (Å²) in [5, 5.41) is 9.93. The highest BCUT2D eigenvalue weighted by molar-refractivity contribution is 14.1. The molecule has 1 nitrogen and oxygen atoms in total. The minimum Gasteiger partial charge on any atom is -0.393 e. The molecule has 0 aliphatic heterocycles. The molecule has 0 amide bonds. The SMILES string of the molecule is CCCCCCCC(O)Cc1ccc(I)cc1. The first-order chi connectivity index (χ1) is 8.22. The summed E-state index contributed by atoms with van der Waals surface area (Å²) >= 11 is 2.30. The van der Waals surface area contributed by atoms with E-state index >= 15 is 0 Å². The maximum Gasteiger partial charge on any atom is 0.0580 e. The second-order valence-corrected chi connectivity index (χ2v) is 5.93. The van der Waals surface area contributed by atoms with Gasteiger partial charge < -0.3 is 5.11 Å². The number of hydrogen-bond donors (Lipinski definition) is 1. The fraction of sp³-hybridized carbons (Fsp3) is 0.600. The van der Waals surface area contributed by atoms with E-state index in [2.05, 4.69) is 53.8 Å². The second-order valence-electron chi connectivity index (χ2n) is 4.69. The van der Waals surface area contributed by atoms with Gasteiger partial charge in [0.1, 0.15) is 0 Å². The Hall–Kier alpha value is -0.0900. The van der Waals surface area contributed by atoms with Crippen LogP contribution in [0.4, 0.5) is 0 Å². The standard InChI is InChI=1S/C15H23IO/c1-2-3-4-5-6-7-15(17)12-13-8-10-14(16)11-9-13/h8-11,15,17H,2-7,12H2,1H3. The Morgan fingerprint density at radius 2 is 1.71 bits per heavy atom. The summed E-state index contributed by atoms with van der Waals surface area (Å²) in [6.07, 6.45) is 7.91. The second kappa shape index (κ2) is 8.92. The molecule has 1 unspecified atom stereocenters. The van der Waals surface area contributed by atoms with Crippen molar-refractivity contribution in [1.82, 2.24) is 0 Å². The third kappa shape index (κ3) is 7.04. The number of aliphatic hydroxyl groups is 1. The van der Waals surface area contributed by atoms with Crippen LogP contribution in [0.5, 0.6) is 0 Å². The highest BCUT2D eigenvalue weighted by atomic mass is 127. The van der Waals surface area contributed by atoms with Crippen molar-refractivity contribution in [2.45, 2.75) is 58.0 Å². The molecule has 96 valence electrons. The van der Waals surface area contributed by atoms with Crippen LogP contribution in [0.2, 0.25) is 0 Å². The summed E-state index contributed by atoms with van der Waals surface area (Å²) in [7, 11) is 0. The van der Waals surface area contributed by atoms with E-state index in [1.54, 1.807) is 0 Å². The molecule has 0 spiro atoms. The smallest absolute Gasteiger partial charge is 0.0580 e. The molecule has 0 radical (unpaired) electrons. The summed E-state index contributed by atoms with van der Waals surface area (Å²) in [6, 6.07) is 8.43. The fourth-order valence-electron chi connectivity index (χ4n) is 1.98. The maximum absolute atomic E-state index is 9.93. The van der Waals surface area contributed by atoms with Crippen molar-refractivity contribution in [3.8, 4) is 0 Å². The molecule has 1 atom stereocenters. The predicted octanol–water partition coefficient (Wildman–Crippen LogP) is 4.56. The average molecular weight is 346 g/mol. The highest BCUT2D eigenvalue weighted by Gasteiger charge is 2.05. The van der Waals surface area contributed by atoms with Gasteiger partial charge in [-0.1, -0.05) is 51.2 Å². The van der Waals surface area contributed by atoms with Gasteiger partial charge in [0.15, 0.2) is 0 Å². The molecule has 2 heteroatoms. The molecule has 0 aliphatic carbocycles. The van der Waals surface area contributed by atoms with Crippen molar-refractivity contribution >= 4 is 22.6 Å². The average Bonchev–Trinajstić information content (AvgIpc) is 2.32. The first-order valence-corrected chi connectivity index (χ1v) is 7.72. The molecule has 1 rings (SSSR count). The lowest BCUT2D eigenvalue weighted by Gasteiger charge is -2.10. The van der Waals surface area contributed by atoms with Crippen LogP contribution in [0.3, 0.4) is 0 Å². The van der Waals surface area contributed by atoms with Crippen molar-refractivity contribution in [3.05, 3.63) is 33.4 Å². The lowest BCUT2D eigenvalue weighted by atomic mass is 10.0. The Balaban J connectivity index is 2.16. The normalized spacial score (nSPS) is 12.6. The summed E-state index contributed by atoms with van der Waals surface area (Å²) in [6.45, 7) is 2.23. The molecular formula is C15H23IO. The summed E-state index contributed by atoms with van der Waals surface area (Å²) in [5.74, 6) is 0. The van der Waals surface area contributed by atoms with Crippen LogP contribution in [-0.4, -0.2) is 11.2 Å². The summed E-state index contributed by atoms with van der Waals surface area (Å²) < 4.78 is 1.25. The minimum atomic E-state index is -0.170. The van der Waals surface area contributed by atoms with Gasteiger partial charge in [-0.3, -0.25) is 0 Å². The van der Waals surface area contributed by atoms with E-state index in [4.69, 9.17) is 0 Å². The molecule has 1 aromatic rings. The Bertz CT molecular complexity index is 294. The van der Waals surface area contributed by atoms with Gasteiger partial charge in [0, 0.05) is 3.57 Å². The molecule has 0 aliphatic rings. The van der Waals surface area contributed by atoms with Gasteiger partial charge >= 0.3 is 0 Å². The Morgan fingerprint density at radius 3 is 2.35 bits per heavy atom. The third-order valence-corrected chi connectivity index (χ3v) is 3.74. The summed E-state index contributed by atoms with van der Waals surface area (Å²) in [4.78, 5) is 0. The third-order valence-electron chi connectivity index (χ3n) is 3.03. The van der Waals surface area contributed by atoms with Crippen LogP contribution < -0.4 is 0 Å². The number of unbranched alkanes of at least 4 members (excludes halogenated alkanes) is 4. The monoisotopic (exact) mass is 346 g/mol. The maximum atomic E-state index is 9.93. The Labute approximate surface area is 119 Å². The molecule has 0 bridgehead atoms. The highest BCUT2D eigenvalue weighted by Crippen LogP contribution is 2.13. The van der Waals surface area contributed by atoms with Crippen molar-refractivity contribution in [2.24, 2.45) is 0 Å². The van der Waals surface area contributed by atoms with E-state index in [1.165, 1.54) is 34.8 Å². The van der Waals surface area contributed by atoms with E-state index in [1.807, 2.05) is 0 Å². The molecule has 0 saturated carbocycles. The van der Waals surface area contributed by atoms with Gasteiger partial charge in [-0.25, -0.2) is 0 Å². The lowest BCUT2D eigenvalue weighted by molar-refractivity contribution is 0.161. The van der Waals surface area contributed by atoms with Crippen LogP contribution >= 0.6 is 22.6 Å². The van der Waals surface area contributed by atoms with Gasteiger partial charge in [0.25, 0.3) is 0 Å². The van der Waals surface area contributed by atoms with Crippen LogP contribution in [0, 0.1) is 3.57 Å². The molecule has 0 fully saturated rings. The van der Waals surface area contributed by atoms with Crippen molar-refractivity contribution < 1.29 is 5.11 Å². The molecule has 0 saturated heterocycles. The van der Waals surface area contributed by atoms with Crippen LogP contribution in [0.25, 0.3) is 0 Å². The van der Waals surface area contributed by atoms with Crippen LogP contribution in [-0.2, 0) is 6.42 Å². The number of hydrogen-bond acceptors (Lipinski definition) is 1. The van der Waals surface area contributed by atoms with Crippen molar-refractivity contribution in [2.75, 3.05) is 0 Å². The lowest BCUT2D eigenvalue weighted by Crippen LogP contribution is -2.10. The van der Waals surface area contributed by atoms with E-state index in [0.717, 1.165) is 19.3 Å². The van der Waals surface area contributed by atoms with Gasteiger partial charge in [0.05, 0.1) is 6.10 Å². The van der Waals surface area contributed by atoms with E-state index in [9.17, 15) is 5.11 Å². The van der Waals surface area contributed by atoms with Gasteiger partial charge in [-0.05, 0) is 53.1 Å². The van der Waals surface area contributed by atoms with E-state index < -0.39 is 0 Å². The first kappa shape index (κ1) is 15.0. The molecule has 0 heterocycles. The first-order valence-electron chi connectivity index (χ1n) is 6.65. The molecule has 0 aromatic heterocycles. The Kier molecular flexibility index (Phi) is 7.86. The zero-order valence-electron chi connectivity index (χ0n) is 10.7. The Morgan fingerprint density at radius 1 is 1.06 bits per heavy atom. The van der Waals surface area contributed by atoms with E-state index in [-0.39, 0.29) is 6.10 Å². The number of rotatable bonds is 8. The molecule has 1 N–H and O–H groups in total. The molecular weight excluding hydrogens is 323 g/mol.